The third kappa shape index (κ3) is 6.30. The minimum absolute atomic E-state index is 0.0424. The lowest BCUT2D eigenvalue weighted by atomic mass is 9.93. The normalized spacial score (nSPS) is 13.3. The van der Waals surface area contributed by atoms with Crippen molar-refractivity contribution in [2.75, 3.05) is 12.0 Å². The molecule has 3 aromatic rings. The lowest BCUT2D eigenvalue weighted by Gasteiger charge is -2.13. The van der Waals surface area contributed by atoms with Crippen LogP contribution in [-0.2, 0) is 11.2 Å². The van der Waals surface area contributed by atoms with Gasteiger partial charge in [0.15, 0.2) is 12.4 Å². The molecule has 40 heavy (non-hydrogen) atoms. The first-order valence-corrected chi connectivity index (χ1v) is 12.4. The van der Waals surface area contributed by atoms with Gasteiger partial charge in [0.2, 0.25) is 0 Å². The second-order valence-corrected chi connectivity index (χ2v) is 9.30. The molecule has 0 fully saturated rings. The molecule has 0 unspecified atom stereocenters. The highest BCUT2D eigenvalue weighted by Crippen LogP contribution is 2.32. The van der Waals surface area contributed by atoms with Crippen LogP contribution in [0.5, 0.6) is 5.75 Å². The van der Waals surface area contributed by atoms with E-state index in [2.05, 4.69) is 21.4 Å². The summed E-state index contributed by atoms with van der Waals surface area (Å²) in [6, 6.07) is 7.66. The van der Waals surface area contributed by atoms with Gasteiger partial charge in [0, 0.05) is 28.6 Å². The number of ether oxygens (including phenoxy) is 1. The summed E-state index contributed by atoms with van der Waals surface area (Å²) in [5.74, 6) is -0.711. The van der Waals surface area contributed by atoms with Crippen molar-refractivity contribution in [1.82, 2.24) is 10.9 Å². The highest BCUT2D eigenvalue weighted by atomic mass is 35.5. The van der Waals surface area contributed by atoms with Gasteiger partial charge in [-0.1, -0.05) is 23.2 Å². The number of nitro groups is 2. The van der Waals surface area contributed by atoms with Crippen LogP contribution in [-0.4, -0.2) is 34.0 Å². The first kappa shape index (κ1) is 28.3. The van der Waals surface area contributed by atoms with Crippen LogP contribution >= 0.6 is 23.2 Å². The van der Waals surface area contributed by atoms with E-state index in [9.17, 15) is 29.8 Å². The third-order valence-electron chi connectivity index (χ3n) is 5.80. The molecule has 14 nitrogen and oxygen atoms in total. The fourth-order valence-electron chi connectivity index (χ4n) is 3.96. The fraction of sp³-hybridized carbons (Fsp3) is 0.208. The summed E-state index contributed by atoms with van der Waals surface area (Å²) in [4.78, 5) is 45.8. The Kier molecular flexibility index (Phi) is 8.50. The number of hydrogen-bond donors (Lipinski definition) is 3. The molecule has 2 amide bonds. The van der Waals surface area contributed by atoms with Gasteiger partial charge >= 0.3 is 11.6 Å². The van der Waals surface area contributed by atoms with Crippen molar-refractivity contribution >= 4 is 57.8 Å². The average Bonchev–Trinajstić information content (AvgIpc) is 3.26. The summed E-state index contributed by atoms with van der Waals surface area (Å²) in [5.41, 5.74) is 7.59. The number of carbonyl (C=O) groups is 2. The quantitative estimate of drug-likeness (QED) is 0.246. The minimum Gasteiger partial charge on any atom is -0.482 e. The van der Waals surface area contributed by atoms with Crippen LogP contribution in [0, 0.1) is 27.2 Å². The van der Waals surface area contributed by atoms with Crippen LogP contribution in [0.3, 0.4) is 0 Å². The number of amides is 2. The van der Waals surface area contributed by atoms with Crippen LogP contribution in [0.15, 0.2) is 45.9 Å². The maximum atomic E-state index is 12.8. The molecule has 1 aromatic heterocycles. The molecule has 1 heterocycles. The van der Waals surface area contributed by atoms with Crippen molar-refractivity contribution in [3.8, 4) is 5.75 Å². The molecule has 208 valence electrons. The van der Waals surface area contributed by atoms with Crippen molar-refractivity contribution in [2.45, 2.75) is 26.2 Å². The molecule has 16 heteroatoms. The first-order chi connectivity index (χ1) is 19.0. The predicted octanol–water partition coefficient (Wildman–Crippen LogP) is 4.70. The molecular formula is C24H20Cl2N6O8. The number of benzene rings is 2. The Labute approximate surface area is 235 Å². The van der Waals surface area contributed by atoms with Crippen LogP contribution in [0.1, 0.15) is 40.3 Å². The van der Waals surface area contributed by atoms with Crippen molar-refractivity contribution in [2.24, 2.45) is 5.10 Å². The number of carbonyl (C=O) groups excluding carboxylic acids is 2. The van der Waals surface area contributed by atoms with Crippen molar-refractivity contribution in [3.05, 3.63) is 89.3 Å². The Hall–Kier alpha value is -4.69. The zero-order chi connectivity index (χ0) is 29.0. The number of hydrazine groups is 1. The molecule has 3 N–H and O–H groups in total. The topological polar surface area (TPSA) is 191 Å². The molecule has 0 saturated heterocycles. The number of fused-ring (bicyclic) bond motifs is 1. The Morgan fingerprint density at radius 3 is 2.55 bits per heavy atom. The van der Waals surface area contributed by atoms with Crippen LogP contribution in [0.25, 0.3) is 0 Å². The standard InChI is InChI=1S/C24H20Cl2N6O8/c1-12-22-17(28-27-16-7-6-14(31(35)36)10-18(16)32(37)38)3-2-4-20(22)40-23(12)24(34)30-29-21(33)11-39-19-8-5-13(25)9-15(19)26/h5-10,27H,2-4,11H2,1H3,(H,29,33)(H,30,34)/b28-17+. The second kappa shape index (κ2) is 12.0. The van der Waals surface area contributed by atoms with Crippen LogP contribution in [0.4, 0.5) is 17.1 Å². The predicted molar refractivity (Wildman–Crippen MR) is 144 cm³/mol. The van der Waals surface area contributed by atoms with Crippen LogP contribution in [0.2, 0.25) is 10.0 Å². The molecule has 4 rings (SSSR count). The highest BCUT2D eigenvalue weighted by Gasteiger charge is 2.28. The lowest BCUT2D eigenvalue weighted by molar-refractivity contribution is -0.393. The number of halogens is 2. The number of anilines is 1. The summed E-state index contributed by atoms with van der Waals surface area (Å²) in [6.07, 6.45) is 1.62. The Morgan fingerprint density at radius 2 is 1.85 bits per heavy atom. The monoisotopic (exact) mass is 590 g/mol. The van der Waals surface area contributed by atoms with Crippen molar-refractivity contribution in [3.63, 3.8) is 0 Å². The van der Waals surface area contributed by atoms with Gasteiger partial charge < -0.3 is 9.15 Å². The molecule has 0 saturated carbocycles. The van der Waals surface area contributed by atoms with Gasteiger partial charge in [0.05, 0.1) is 26.6 Å². The molecular weight excluding hydrogens is 571 g/mol. The zero-order valence-corrected chi connectivity index (χ0v) is 22.2. The number of furan rings is 1. The minimum atomic E-state index is -0.753. The summed E-state index contributed by atoms with van der Waals surface area (Å²) >= 11 is 11.8. The van der Waals surface area contributed by atoms with E-state index in [4.69, 9.17) is 32.4 Å². The van der Waals surface area contributed by atoms with E-state index in [-0.39, 0.29) is 22.2 Å². The van der Waals surface area contributed by atoms with E-state index >= 15 is 0 Å². The number of nitrogens with one attached hydrogen (secondary N) is 3. The second-order valence-electron chi connectivity index (χ2n) is 8.46. The third-order valence-corrected chi connectivity index (χ3v) is 6.33. The smallest absolute Gasteiger partial charge is 0.305 e. The highest BCUT2D eigenvalue weighted by molar-refractivity contribution is 6.35. The van der Waals surface area contributed by atoms with Gasteiger partial charge in [-0.25, -0.2) is 0 Å². The van der Waals surface area contributed by atoms with Gasteiger partial charge in [0.25, 0.3) is 11.6 Å². The Balaban J connectivity index is 1.44. The van der Waals surface area contributed by atoms with E-state index in [1.165, 1.54) is 18.2 Å². The number of nitro benzene ring substituents is 2. The number of hydrazone groups is 1. The largest absolute Gasteiger partial charge is 0.482 e. The summed E-state index contributed by atoms with van der Waals surface area (Å²) < 4.78 is 11.1. The molecule has 0 radical (unpaired) electrons. The van der Waals surface area contributed by atoms with Gasteiger partial charge in [0.1, 0.15) is 17.2 Å². The average molecular weight is 591 g/mol. The molecule has 0 atom stereocenters. The van der Waals surface area contributed by atoms with Gasteiger partial charge in [-0.15, -0.1) is 0 Å². The maximum Gasteiger partial charge on any atom is 0.305 e. The fourth-order valence-corrected chi connectivity index (χ4v) is 4.42. The first-order valence-electron chi connectivity index (χ1n) is 11.6. The SMILES string of the molecule is Cc1c(C(=O)NNC(=O)COc2ccc(Cl)cc2Cl)oc2c1/C(=N/Nc1ccc([N+](=O)[O-])cc1[N+](=O)[O-])CCC2. The molecule has 1 aliphatic rings. The number of rotatable bonds is 8. The molecule has 0 spiro atoms. The molecule has 0 bridgehead atoms. The summed E-state index contributed by atoms with van der Waals surface area (Å²) in [6.45, 7) is 1.20. The number of nitrogens with zero attached hydrogens (tertiary/aromatic N) is 3. The number of non-ortho nitro benzene ring substituents is 1. The van der Waals surface area contributed by atoms with Gasteiger partial charge in [-0.05, 0) is 44.0 Å². The van der Waals surface area contributed by atoms with E-state index in [1.807, 2.05) is 0 Å². The Bertz CT molecular complexity index is 1550. The Morgan fingerprint density at radius 1 is 1.07 bits per heavy atom. The van der Waals surface area contributed by atoms with Gasteiger partial charge in [-0.2, -0.15) is 5.10 Å². The van der Waals surface area contributed by atoms with Crippen molar-refractivity contribution < 1.29 is 28.6 Å². The van der Waals surface area contributed by atoms with E-state index < -0.39 is 39.6 Å². The van der Waals surface area contributed by atoms with E-state index in [0.717, 1.165) is 12.1 Å². The summed E-state index contributed by atoms with van der Waals surface area (Å²) in [5, 5.41) is 27.3. The number of aryl methyl sites for hydroxylation is 1. The molecule has 0 aliphatic heterocycles. The van der Waals surface area contributed by atoms with Crippen molar-refractivity contribution in [1.29, 1.82) is 0 Å². The zero-order valence-electron chi connectivity index (χ0n) is 20.7. The van der Waals surface area contributed by atoms with Crippen LogP contribution < -0.4 is 21.0 Å². The summed E-state index contributed by atoms with van der Waals surface area (Å²) in [7, 11) is 0. The number of hydrogen-bond acceptors (Lipinski definition) is 10. The van der Waals surface area contributed by atoms with E-state index in [1.54, 1.807) is 13.0 Å². The molecule has 2 aromatic carbocycles. The lowest BCUT2D eigenvalue weighted by Crippen LogP contribution is -2.43. The molecule has 1 aliphatic carbocycles. The van der Waals surface area contributed by atoms with Gasteiger partial charge in [-0.3, -0.25) is 46.1 Å². The van der Waals surface area contributed by atoms with E-state index in [0.29, 0.717) is 46.9 Å². The maximum absolute atomic E-state index is 12.8.